The largest absolute Gasteiger partial charge is 0.479 e. The van der Waals surface area contributed by atoms with Crippen LogP contribution in [0.15, 0.2) is 24.3 Å². The van der Waals surface area contributed by atoms with Crippen molar-refractivity contribution in [3.8, 4) is 0 Å². The molecule has 4 nitrogen and oxygen atoms in total. The molecule has 0 aliphatic carbocycles. The molecule has 2 heterocycles. The number of anilines is 1. The van der Waals surface area contributed by atoms with Crippen LogP contribution in [-0.2, 0) is 4.79 Å². The van der Waals surface area contributed by atoms with E-state index in [2.05, 4.69) is 10.2 Å². The van der Waals surface area contributed by atoms with Crippen LogP contribution in [0, 0.1) is 5.82 Å². The SMILES string of the molecule is O=C(O)C1(Nc2cccc(F)c2)CCN2CCCC21. The van der Waals surface area contributed by atoms with Gasteiger partial charge in [0.05, 0.1) is 0 Å². The standard InChI is InChI=1S/C14H17FN2O2/c15-10-3-1-4-11(9-10)16-14(13(18)19)6-8-17-7-2-5-12(14)17/h1,3-4,9,12,16H,2,5-8H2,(H,18,19). The summed E-state index contributed by atoms with van der Waals surface area (Å²) in [6, 6.07) is 6.02. The van der Waals surface area contributed by atoms with Gasteiger partial charge in [0.1, 0.15) is 5.82 Å². The summed E-state index contributed by atoms with van der Waals surface area (Å²) in [5.74, 6) is -1.20. The second-order valence-corrected chi connectivity index (χ2v) is 5.36. The molecule has 2 N–H and O–H groups in total. The van der Waals surface area contributed by atoms with Crippen molar-refractivity contribution in [2.75, 3.05) is 18.4 Å². The van der Waals surface area contributed by atoms with Crippen molar-refractivity contribution in [3.05, 3.63) is 30.1 Å². The second-order valence-electron chi connectivity index (χ2n) is 5.36. The Hall–Kier alpha value is -1.62. The Morgan fingerprint density at radius 2 is 2.32 bits per heavy atom. The molecule has 0 aromatic heterocycles. The third-order valence-electron chi connectivity index (χ3n) is 4.30. The van der Waals surface area contributed by atoms with Crippen LogP contribution in [0.2, 0.25) is 0 Å². The quantitative estimate of drug-likeness (QED) is 0.876. The molecule has 2 fully saturated rings. The molecule has 3 rings (SSSR count). The molecule has 0 saturated carbocycles. The van der Waals surface area contributed by atoms with E-state index in [0.717, 1.165) is 25.9 Å². The van der Waals surface area contributed by atoms with Crippen LogP contribution < -0.4 is 5.32 Å². The molecule has 1 aromatic rings. The minimum atomic E-state index is -0.982. The molecule has 2 saturated heterocycles. The minimum Gasteiger partial charge on any atom is -0.479 e. The van der Waals surface area contributed by atoms with Crippen molar-refractivity contribution in [1.29, 1.82) is 0 Å². The molecular formula is C14H17FN2O2. The maximum Gasteiger partial charge on any atom is 0.331 e. The first kappa shape index (κ1) is 12.4. The topological polar surface area (TPSA) is 52.6 Å². The lowest BCUT2D eigenvalue weighted by Crippen LogP contribution is -2.54. The zero-order valence-corrected chi connectivity index (χ0v) is 10.6. The normalized spacial score (nSPS) is 30.3. The maximum atomic E-state index is 13.2. The monoisotopic (exact) mass is 264 g/mol. The summed E-state index contributed by atoms with van der Waals surface area (Å²) in [6.45, 7) is 1.75. The fourth-order valence-corrected chi connectivity index (χ4v) is 3.41. The lowest BCUT2D eigenvalue weighted by molar-refractivity contribution is -0.143. The Kier molecular flexibility index (Phi) is 2.93. The lowest BCUT2D eigenvalue weighted by Gasteiger charge is -2.33. The number of nitrogens with zero attached hydrogens (tertiary/aromatic N) is 1. The zero-order chi connectivity index (χ0) is 13.5. The molecule has 2 aliphatic rings. The van der Waals surface area contributed by atoms with Gasteiger partial charge in [0.2, 0.25) is 0 Å². The van der Waals surface area contributed by atoms with Gasteiger partial charge in [-0.2, -0.15) is 0 Å². The van der Waals surface area contributed by atoms with E-state index in [1.807, 2.05) is 0 Å². The van der Waals surface area contributed by atoms with Crippen LogP contribution in [0.25, 0.3) is 0 Å². The summed E-state index contributed by atoms with van der Waals surface area (Å²) in [7, 11) is 0. The Bertz CT molecular complexity index is 508. The highest BCUT2D eigenvalue weighted by atomic mass is 19.1. The Balaban J connectivity index is 1.91. The van der Waals surface area contributed by atoms with Crippen molar-refractivity contribution in [1.82, 2.24) is 4.90 Å². The molecule has 0 radical (unpaired) electrons. The fraction of sp³-hybridized carbons (Fsp3) is 0.500. The third-order valence-corrected chi connectivity index (χ3v) is 4.30. The van der Waals surface area contributed by atoms with Gasteiger partial charge in [-0.05, 0) is 44.0 Å². The first-order chi connectivity index (χ1) is 9.12. The van der Waals surface area contributed by atoms with E-state index >= 15 is 0 Å². The lowest BCUT2D eigenvalue weighted by atomic mass is 9.88. The van der Waals surface area contributed by atoms with E-state index < -0.39 is 11.5 Å². The number of nitrogens with one attached hydrogen (secondary N) is 1. The second kappa shape index (κ2) is 4.49. The smallest absolute Gasteiger partial charge is 0.331 e. The Morgan fingerprint density at radius 3 is 3.05 bits per heavy atom. The van der Waals surface area contributed by atoms with E-state index in [0.29, 0.717) is 12.1 Å². The number of carbonyl (C=O) groups is 1. The number of carboxylic acids is 1. The summed E-state index contributed by atoms with van der Waals surface area (Å²) in [5, 5.41) is 12.7. The summed E-state index contributed by atoms with van der Waals surface area (Å²) in [6.07, 6.45) is 2.47. The van der Waals surface area contributed by atoms with E-state index in [9.17, 15) is 14.3 Å². The first-order valence-corrected chi connectivity index (χ1v) is 6.63. The predicted octanol–water partition coefficient (Wildman–Crippen LogP) is 1.93. The summed E-state index contributed by atoms with van der Waals surface area (Å²) in [4.78, 5) is 14.0. The summed E-state index contributed by atoms with van der Waals surface area (Å²) < 4.78 is 13.2. The van der Waals surface area contributed by atoms with Crippen molar-refractivity contribution in [2.45, 2.75) is 30.8 Å². The van der Waals surface area contributed by atoms with Crippen LogP contribution in [0.1, 0.15) is 19.3 Å². The Labute approximate surface area is 111 Å². The van der Waals surface area contributed by atoms with Crippen LogP contribution in [-0.4, -0.2) is 40.6 Å². The van der Waals surface area contributed by atoms with Crippen LogP contribution in [0.3, 0.4) is 0 Å². The van der Waals surface area contributed by atoms with Crippen molar-refractivity contribution < 1.29 is 14.3 Å². The molecule has 2 atom stereocenters. The van der Waals surface area contributed by atoms with E-state index in [1.54, 1.807) is 12.1 Å². The number of hydrogen-bond acceptors (Lipinski definition) is 3. The highest BCUT2D eigenvalue weighted by molar-refractivity contribution is 5.84. The van der Waals surface area contributed by atoms with Crippen LogP contribution >= 0.6 is 0 Å². The highest BCUT2D eigenvalue weighted by Gasteiger charge is 2.54. The van der Waals surface area contributed by atoms with Gasteiger partial charge in [-0.15, -0.1) is 0 Å². The molecule has 19 heavy (non-hydrogen) atoms. The highest BCUT2D eigenvalue weighted by Crippen LogP contribution is 2.38. The first-order valence-electron chi connectivity index (χ1n) is 6.63. The third kappa shape index (κ3) is 1.98. The molecule has 2 unspecified atom stereocenters. The average molecular weight is 264 g/mol. The number of rotatable bonds is 3. The van der Waals surface area contributed by atoms with Crippen molar-refractivity contribution in [2.24, 2.45) is 0 Å². The molecule has 102 valence electrons. The van der Waals surface area contributed by atoms with Crippen LogP contribution in [0.5, 0.6) is 0 Å². The number of halogens is 1. The van der Waals surface area contributed by atoms with Gasteiger partial charge in [-0.1, -0.05) is 6.07 Å². The van der Waals surface area contributed by atoms with Gasteiger partial charge in [-0.25, -0.2) is 9.18 Å². The molecular weight excluding hydrogens is 247 g/mol. The number of carboxylic acid groups (broad SMARTS) is 1. The van der Waals surface area contributed by atoms with E-state index in [1.165, 1.54) is 12.1 Å². The van der Waals surface area contributed by atoms with Crippen molar-refractivity contribution >= 4 is 11.7 Å². The van der Waals surface area contributed by atoms with E-state index in [4.69, 9.17) is 0 Å². The molecule has 0 bridgehead atoms. The van der Waals surface area contributed by atoms with Gasteiger partial charge in [0.25, 0.3) is 0 Å². The summed E-state index contributed by atoms with van der Waals surface area (Å²) in [5.41, 5.74) is -0.444. The Morgan fingerprint density at radius 1 is 1.47 bits per heavy atom. The number of aliphatic carboxylic acids is 1. The molecule has 5 heteroatoms. The average Bonchev–Trinajstić information content (AvgIpc) is 2.93. The van der Waals surface area contributed by atoms with Gasteiger partial charge >= 0.3 is 5.97 Å². The number of hydrogen-bond donors (Lipinski definition) is 2. The van der Waals surface area contributed by atoms with Gasteiger partial charge in [-0.3, -0.25) is 4.90 Å². The minimum absolute atomic E-state index is 0.00765. The van der Waals surface area contributed by atoms with Crippen molar-refractivity contribution in [3.63, 3.8) is 0 Å². The van der Waals surface area contributed by atoms with E-state index in [-0.39, 0.29) is 11.9 Å². The number of fused-ring (bicyclic) bond motifs is 1. The van der Waals surface area contributed by atoms with Gasteiger partial charge < -0.3 is 10.4 Å². The number of benzene rings is 1. The summed E-state index contributed by atoms with van der Waals surface area (Å²) >= 11 is 0. The molecule has 0 amide bonds. The fourth-order valence-electron chi connectivity index (χ4n) is 3.41. The zero-order valence-electron chi connectivity index (χ0n) is 10.6. The van der Waals surface area contributed by atoms with Gasteiger partial charge in [0.15, 0.2) is 5.54 Å². The van der Waals surface area contributed by atoms with Crippen LogP contribution in [0.4, 0.5) is 10.1 Å². The molecule has 1 aromatic carbocycles. The maximum absolute atomic E-state index is 13.2. The molecule has 0 spiro atoms. The van der Waals surface area contributed by atoms with Gasteiger partial charge in [0, 0.05) is 18.3 Å². The predicted molar refractivity (Wildman–Crippen MR) is 69.6 cm³/mol. The molecule has 2 aliphatic heterocycles.